The Hall–Kier alpha value is -1.24. The molecule has 1 aliphatic carbocycles. The van der Waals surface area contributed by atoms with Gasteiger partial charge in [0.15, 0.2) is 0 Å². The third-order valence-corrected chi connectivity index (χ3v) is 4.41. The summed E-state index contributed by atoms with van der Waals surface area (Å²) in [5, 5.41) is 7.87. The van der Waals surface area contributed by atoms with Crippen LogP contribution in [0, 0.1) is 10.8 Å². The molecule has 0 unspecified atom stereocenters. The third-order valence-electron chi connectivity index (χ3n) is 3.11. The van der Waals surface area contributed by atoms with E-state index >= 15 is 0 Å². The van der Waals surface area contributed by atoms with Gasteiger partial charge in [-0.25, -0.2) is 4.98 Å². The van der Waals surface area contributed by atoms with E-state index < -0.39 is 11.7 Å². The number of hydrogen-bond acceptors (Lipinski definition) is 3. The van der Waals surface area contributed by atoms with E-state index in [4.69, 9.17) is 11.1 Å². The van der Waals surface area contributed by atoms with Crippen molar-refractivity contribution in [3.8, 4) is 0 Å². The fourth-order valence-electron chi connectivity index (χ4n) is 1.81. The molecule has 0 aliphatic heterocycles. The van der Waals surface area contributed by atoms with Gasteiger partial charge in [0.25, 0.3) is 0 Å². The van der Waals surface area contributed by atoms with Crippen LogP contribution in [0.5, 0.6) is 0 Å². The molecule has 1 aromatic rings. The van der Waals surface area contributed by atoms with Crippen LogP contribution in [0.1, 0.15) is 24.8 Å². The monoisotopic (exact) mass is 289 g/mol. The average Bonchev–Trinajstić information content (AvgIpc) is 3.05. The molecular formula is C12H14F3N3S. The zero-order chi connectivity index (χ0) is 14.1. The van der Waals surface area contributed by atoms with Gasteiger partial charge >= 0.3 is 6.18 Å². The van der Waals surface area contributed by atoms with Crippen LogP contribution in [0.25, 0.3) is 0 Å². The highest BCUT2D eigenvalue weighted by molar-refractivity contribution is 7.99. The van der Waals surface area contributed by atoms with E-state index in [1.54, 1.807) is 0 Å². The maximum Gasteiger partial charge on any atom is 0.417 e. The second kappa shape index (κ2) is 5.03. The van der Waals surface area contributed by atoms with Crippen LogP contribution in [0.15, 0.2) is 23.4 Å². The Balaban J connectivity index is 1.92. The Kier molecular flexibility index (Phi) is 3.75. The van der Waals surface area contributed by atoms with Crippen LogP contribution < -0.4 is 5.73 Å². The molecule has 0 spiro atoms. The number of alkyl halides is 3. The number of nitrogens with zero attached hydrogens (tertiary/aromatic N) is 1. The average molecular weight is 289 g/mol. The van der Waals surface area contributed by atoms with Gasteiger partial charge in [-0.2, -0.15) is 13.2 Å². The lowest BCUT2D eigenvalue weighted by molar-refractivity contribution is -0.137. The maximum atomic E-state index is 12.4. The molecule has 0 radical (unpaired) electrons. The first kappa shape index (κ1) is 14.2. The van der Waals surface area contributed by atoms with Gasteiger partial charge in [0.1, 0.15) is 0 Å². The second-order valence-corrected chi connectivity index (χ2v) is 5.87. The molecule has 3 N–H and O–H groups in total. The molecule has 2 rings (SSSR count). The van der Waals surface area contributed by atoms with Crippen molar-refractivity contribution in [1.82, 2.24) is 4.98 Å². The van der Waals surface area contributed by atoms with Crippen LogP contribution in [-0.2, 0) is 6.18 Å². The Bertz CT molecular complexity index is 466. The molecule has 1 aliphatic rings. The fraction of sp³-hybridized carbons (Fsp3) is 0.500. The van der Waals surface area contributed by atoms with Gasteiger partial charge < -0.3 is 5.73 Å². The van der Waals surface area contributed by atoms with E-state index in [1.165, 1.54) is 17.8 Å². The van der Waals surface area contributed by atoms with E-state index in [2.05, 4.69) is 4.98 Å². The SMILES string of the molecule is N=C(N)CC1(CSc2ccc(C(F)(F)F)cn2)CC1. The summed E-state index contributed by atoms with van der Waals surface area (Å²) < 4.78 is 37.1. The summed E-state index contributed by atoms with van der Waals surface area (Å²) in [5.74, 6) is 0.906. The van der Waals surface area contributed by atoms with Gasteiger partial charge in [-0.3, -0.25) is 5.41 Å². The van der Waals surface area contributed by atoms with Crippen molar-refractivity contribution in [2.75, 3.05) is 5.75 Å². The summed E-state index contributed by atoms with van der Waals surface area (Å²) in [6, 6.07) is 2.43. The summed E-state index contributed by atoms with van der Waals surface area (Å²) in [6.07, 6.45) is -0.906. The van der Waals surface area contributed by atoms with E-state index in [9.17, 15) is 13.2 Å². The first-order valence-electron chi connectivity index (χ1n) is 5.80. The second-order valence-electron chi connectivity index (χ2n) is 4.87. The van der Waals surface area contributed by atoms with Crippen molar-refractivity contribution in [1.29, 1.82) is 5.41 Å². The number of nitrogens with two attached hydrogens (primary N) is 1. The number of aromatic nitrogens is 1. The van der Waals surface area contributed by atoms with E-state index in [-0.39, 0.29) is 11.3 Å². The lowest BCUT2D eigenvalue weighted by Gasteiger charge is -2.13. The van der Waals surface area contributed by atoms with E-state index in [0.717, 1.165) is 30.9 Å². The largest absolute Gasteiger partial charge is 0.417 e. The fourth-order valence-corrected chi connectivity index (χ4v) is 2.95. The number of rotatable bonds is 5. The topological polar surface area (TPSA) is 62.8 Å². The van der Waals surface area contributed by atoms with Crippen molar-refractivity contribution in [3.63, 3.8) is 0 Å². The number of nitrogens with one attached hydrogen (secondary N) is 1. The van der Waals surface area contributed by atoms with Crippen molar-refractivity contribution in [2.24, 2.45) is 11.1 Å². The lowest BCUT2D eigenvalue weighted by atomic mass is 10.1. The summed E-state index contributed by atoms with van der Waals surface area (Å²) >= 11 is 1.42. The van der Waals surface area contributed by atoms with Gasteiger partial charge in [0, 0.05) is 18.4 Å². The number of amidine groups is 1. The molecule has 1 heterocycles. The Morgan fingerprint density at radius 3 is 2.53 bits per heavy atom. The van der Waals surface area contributed by atoms with Crippen LogP contribution in [0.2, 0.25) is 0 Å². The Morgan fingerprint density at radius 2 is 2.11 bits per heavy atom. The maximum absolute atomic E-state index is 12.4. The van der Waals surface area contributed by atoms with Crippen molar-refractivity contribution < 1.29 is 13.2 Å². The molecule has 0 aromatic carbocycles. The van der Waals surface area contributed by atoms with Crippen molar-refractivity contribution >= 4 is 17.6 Å². The number of pyridine rings is 1. The zero-order valence-electron chi connectivity index (χ0n) is 10.1. The quantitative estimate of drug-likeness (QED) is 0.496. The highest BCUT2D eigenvalue weighted by atomic mass is 32.2. The predicted molar refractivity (Wildman–Crippen MR) is 68.2 cm³/mol. The molecule has 0 atom stereocenters. The minimum atomic E-state index is -4.34. The Morgan fingerprint density at radius 1 is 1.42 bits per heavy atom. The molecule has 104 valence electrons. The third kappa shape index (κ3) is 3.86. The summed E-state index contributed by atoms with van der Waals surface area (Å²) in [6.45, 7) is 0. The number of hydrogen-bond donors (Lipinski definition) is 2. The van der Waals surface area contributed by atoms with Crippen LogP contribution in [-0.4, -0.2) is 16.6 Å². The predicted octanol–water partition coefficient (Wildman–Crippen LogP) is 3.30. The standard InChI is InChI=1S/C12H14F3N3S/c13-12(14,15)8-1-2-10(18-6-8)19-7-11(3-4-11)5-9(16)17/h1-2,6H,3-5,7H2,(H3,16,17). The Labute approximate surface area is 113 Å². The minimum absolute atomic E-state index is 0.0564. The summed E-state index contributed by atoms with van der Waals surface area (Å²) in [5.41, 5.74) is 4.71. The minimum Gasteiger partial charge on any atom is -0.388 e. The molecule has 1 aromatic heterocycles. The van der Waals surface area contributed by atoms with Gasteiger partial charge in [-0.05, 0) is 30.4 Å². The van der Waals surface area contributed by atoms with Crippen LogP contribution in [0.3, 0.4) is 0 Å². The van der Waals surface area contributed by atoms with Crippen LogP contribution in [0.4, 0.5) is 13.2 Å². The molecule has 0 amide bonds. The van der Waals surface area contributed by atoms with Crippen molar-refractivity contribution in [3.05, 3.63) is 23.9 Å². The first-order chi connectivity index (χ1) is 8.81. The highest BCUT2D eigenvalue weighted by Gasteiger charge is 2.43. The highest BCUT2D eigenvalue weighted by Crippen LogP contribution is 2.51. The molecular weight excluding hydrogens is 275 g/mol. The molecule has 19 heavy (non-hydrogen) atoms. The van der Waals surface area contributed by atoms with Gasteiger partial charge in [0.05, 0.1) is 16.4 Å². The molecule has 3 nitrogen and oxygen atoms in total. The molecule has 1 fully saturated rings. The smallest absolute Gasteiger partial charge is 0.388 e. The van der Waals surface area contributed by atoms with Gasteiger partial charge in [0.2, 0.25) is 0 Å². The van der Waals surface area contributed by atoms with E-state index in [1.807, 2.05) is 0 Å². The lowest BCUT2D eigenvalue weighted by Crippen LogP contribution is -2.18. The normalized spacial score (nSPS) is 17.2. The summed E-state index contributed by atoms with van der Waals surface area (Å²) in [7, 11) is 0. The molecule has 0 saturated heterocycles. The zero-order valence-corrected chi connectivity index (χ0v) is 10.9. The number of thioether (sulfide) groups is 1. The van der Waals surface area contributed by atoms with E-state index in [0.29, 0.717) is 11.4 Å². The summed E-state index contributed by atoms with van der Waals surface area (Å²) in [4.78, 5) is 3.81. The van der Waals surface area contributed by atoms with Gasteiger partial charge in [-0.15, -0.1) is 11.8 Å². The molecule has 0 bridgehead atoms. The van der Waals surface area contributed by atoms with Crippen molar-refractivity contribution in [2.45, 2.75) is 30.5 Å². The van der Waals surface area contributed by atoms with Gasteiger partial charge in [-0.1, -0.05) is 0 Å². The first-order valence-corrected chi connectivity index (χ1v) is 6.78. The molecule has 1 saturated carbocycles. The number of halogens is 3. The van der Waals surface area contributed by atoms with Crippen LogP contribution >= 0.6 is 11.8 Å². The molecule has 7 heteroatoms.